The van der Waals surface area contributed by atoms with Crippen LogP contribution < -0.4 is 5.90 Å². The summed E-state index contributed by atoms with van der Waals surface area (Å²) < 4.78 is 0.519. The summed E-state index contributed by atoms with van der Waals surface area (Å²) in [4.78, 5) is 4.78. The summed E-state index contributed by atoms with van der Waals surface area (Å²) in [6.07, 6.45) is 0. The minimum absolute atomic E-state index is 0.0878. The van der Waals surface area contributed by atoms with Crippen LogP contribution in [0.4, 0.5) is 0 Å². The highest BCUT2D eigenvalue weighted by Crippen LogP contribution is 2.38. The Morgan fingerprint density at radius 3 is 2.57 bits per heavy atom. The van der Waals surface area contributed by atoms with Gasteiger partial charge in [0.1, 0.15) is 11.4 Å². The van der Waals surface area contributed by atoms with Crippen molar-refractivity contribution in [3.63, 3.8) is 0 Å². The Morgan fingerprint density at radius 1 is 1.50 bits per heavy atom. The summed E-state index contributed by atoms with van der Waals surface area (Å²) in [7, 11) is 0. The topological polar surface area (TPSA) is 55.5 Å². The van der Waals surface area contributed by atoms with Gasteiger partial charge in [-0.3, -0.25) is 4.84 Å². The van der Waals surface area contributed by atoms with Crippen LogP contribution in [0.1, 0.15) is 19.4 Å². The fourth-order valence-electron chi connectivity index (χ4n) is 1.09. The molecule has 0 aromatic heterocycles. The van der Waals surface area contributed by atoms with Crippen molar-refractivity contribution in [1.29, 1.82) is 0 Å². The Balaban J connectivity index is 3.34. The largest absolute Gasteiger partial charge is 0.506 e. The maximum Gasteiger partial charge on any atom is 0.136 e. The second kappa shape index (κ2) is 4.06. The Morgan fingerprint density at radius 2 is 2.07 bits per heavy atom. The van der Waals surface area contributed by atoms with Crippen molar-refractivity contribution in [3.8, 4) is 5.75 Å². The second-order valence-electron chi connectivity index (χ2n) is 3.41. The van der Waals surface area contributed by atoms with Gasteiger partial charge in [0.05, 0.1) is 4.47 Å². The lowest BCUT2D eigenvalue weighted by Gasteiger charge is -2.23. The number of hydrogen-bond acceptors (Lipinski definition) is 3. The van der Waals surface area contributed by atoms with Crippen molar-refractivity contribution >= 4 is 27.5 Å². The molecule has 0 saturated carbocycles. The molecule has 1 aromatic rings. The zero-order chi connectivity index (χ0) is 10.9. The van der Waals surface area contributed by atoms with Crippen LogP contribution in [0.2, 0.25) is 5.02 Å². The quantitative estimate of drug-likeness (QED) is 0.819. The van der Waals surface area contributed by atoms with E-state index in [9.17, 15) is 5.11 Å². The van der Waals surface area contributed by atoms with Gasteiger partial charge in [0.25, 0.3) is 0 Å². The molecule has 0 radical (unpaired) electrons. The lowest BCUT2D eigenvalue weighted by Crippen LogP contribution is -2.25. The zero-order valence-electron chi connectivity index (χ0n) is 7.84. The van der Waals surface area contributed by atoms with E-state index >= 15 is 0 Å². The van der Waals surface area contributed by atoms with Gasteiger partial charge < -0.3 is 5.11 Å². The van der Waals surface area contributed by atoms with Crippen LogP contribution in [0.3, 0.4) is 0 Å². The van der Waals surface area contributed by atoms with E-state index in [1.165, 1.54) is 0 Å². The molecule has 0 saturated heterocycles. The molecule has 0 amide bonds. The molecule has 0 aliphatic heterocycles. The highest BCUT2D eigenvalue weighted by Gasteiger charge is 2.25. The monoisotopic (exact) mass is 279 g/mol. The number of phenols is 1. The van der Waals surface area contributed by atoms with Gasteiger partial charge in [0.15, 0.2) is 0 Å². The van der Waals surface area contributed by atoms with Crippen LogP contribution >= 0.6 is 27.5 Å². The van der Waals surface area contributed by atoms with Gasteiger partial charge in [0, 0.05) is 10.6 Å². The molecule has 14 heavy (non-hydrogen) atoms. The molecule has 0 atom stereocenters. The fraction of sp³-hybridized carbons (Fsp3) is 0.333. The molecular weight excluding hydrogens is 269 g/mol. The van der Waals surface area contributed by atoms with E-state index < -0.39 is 5.60 Å². The molecule has 3 N–H and O–H groups in total. The smallest absolute Gasteiger partial charge is 0.136 e. The van der Waals surface area contributed by atoms with E-state index in [1.54, 1.807) is 26.0 Å². The third kappa shape index (κ3) is 2.20. The molecule has 0 aliphatic carbocycles. The molecule has 0 spiro atoms. The normalized spacial score (nSPS) is 11.8. The first kappa shape index (κ1) is 11.8. The average molecular weight is 281 g/mol. The minimum atomic E-state index is -0.780. The van der Waals surface area contributed by atoms with Gasteiger partial charge in [-0.2, -0.15) is 0 Å². The van der Waals surface area contributed by atoms with E-state index in [0.29, 0.717) is 15.1 Å². The van der Waals surface area contributed by atoms with Crippen molar-refractivity contribution in [2.45, 2.75) is 19.4 Å². The second-order valence-corrected chi connectivity index (χ2v) is 4.70. The molecule has 1 rings (SSSR count). The molecule has 0 fully saturated rings. The molecule has 1 aromatic carbocycles. The van der Waals surface area contributed by atoms with E-state index in [1.807, 2.05) is 0 Å². The number of halogens is 2. The number of hydrogen-bond donors (Lipinski definition) is 2. The maximum atomic E-state index is 9.75. The predicted molar refractivity (Wildman–Crippen MR) is 59.1 cm³/mol. The van der Waals surface area contributed by atoms with Crippen LogP contribution in [-0.2, 0) is 10.4 Å². The molecular formula is C9H11BrClNO2. The first-order chi connectivity index (χ1) is 6.38. The number of aromatic hydroxyl groups is 1. The van der Waals surface area contributed by atoms with Gasteiger partial charge in [-0.25, -0.2) is 5.90 Å². The van der Waals surface area contributed by atoms with E-state index in [2.05, 4.69) is 15.9 Å². The first-order valence-corrected chi connectivity index (χ1v) is 5.12. The van der Waals surface area contributed by atoms with Crippen molar-refractivity contribution < 1.29 is 9.94 Å². The number of phenolic OH excluding ortho intramolecular Hbond substituents is 1. The molecule has 78 valence electrons. The van der Waals surface area contributed by atoms with Gasteiger partial charge in [-0.15, -0.1) is 0 Å². The maximum absolute atomic E-state index is 9.75. The summed E-state index contributed by atoms with van der Waals surface area (Å²) in [5.41, 5.74) is -0.239. The Hall–Kier alpha value is -0.290. The summed E-state index contributed by atoms with van der Waals surface area (Å²) in [5, 5.41) is 10.3. The van der Waals surface area contributed by atoms with Gasteiger partial charge in [-0.1, -0.05) is 11.6 Å². The molecule has 3 nitrogen and oxygen atoms in total. The van der Waals surface area contributed by atoms with Crippen LogP contribution in [-0.4, -0.2) is 5.11 Å². The average Bonchev–Trinajstić information content (AvgIpc) is 2.11. The zero-order valence-corrected chi connectivity index (χ0v) is 10.2. The number of benzene rings is 1. The summed E-state index contributed by atoms with van der Waals surface area (Å²) in [6.45, 7) is 3.48. The van der Waals surface area contributed by atoms with Gasteiger partial charge in [-0.05, 0) is 41.9 Å². The molecule has 0 bridgehead atoms. The van der Waals surface area contributed by atoms with E-state index in [0.717, 1.165) is 0 Å². The number of nitrogens with two attached hydrogens (primary N) is 1. The molecule has 0 heterocycles. The van der Waals surface area contributed by atoms with E-state index in [-0.39, 0.29) is 5.75 Å². The molecule has 5 heteroatoms. The summed E-state index contributed by atoms with van der Waals surface area (Å²) >= 11 is 9.04. The standard InChI is InChI=1S/C9H11BrClNO2/c1-9(2,14-12)6-3-5(11)4-7(10)8(6)13/h3-4,13H,12H2,1-2H3. The fourth-order valence-corrected chi connectivity index (χ4v) is 1.90. The third-order valence-corrected chi connectivity index (χ3v) is 2.79. The first-order valence-electron chi connectivity index (χ1n) is 3.95. The lowest BCUT2D eigenvalue weighted by molar-refractivity contribution is -0.0251. The SMILES string of the molecule is CC(C)(ON)c1cc(Cl)cc(Br)c1O. The van der Waals surface area contributed by atoms with E-state index in [4.69, 9.17) is 22.3 Å². The lowest BCUT2D eigenvalue weighted by atomic mass is 9.97. The summed E-state index contributed by atoms with van der Waals surface area (Å²) in [5.74, 6) is 5.23. The summed E-state index contributed by atoms with van der Waals surface area (Å²) in [6, 6.07) is 3.22. The Bertz CT molecular complexity index is 355. The van der Waals surface area contributed by atoms with Gasteiger partial charge in [0.2, 0.25) is 0 Å². The minimum Gasteiger partial charge on any atom is -0.506 e. The van der Waals surface area contributed by atoms with Crippen LogP contribution in [0.25, 0.3) is 0 Å². The highest BCUT2D eigenvalue weighted by atomic mass is 79.9. The van der Waals surface area contributed by atoms with Crippen molar-refractivity contribution in [2.24, 2.45) is 5.90 Å². The van der Waals surface area contributed by atoms with Crippen molar-refractivity contribution in [2.75, 3.05) is 0 Å². The molecule has 0 aliphatic rings. The Labute approximate surface area is 95.9 Å². The van der Waals surface area contributed by atoms with Crippen LogP contribution in [0, 0.1) is 0 Å². The van der Waals surface area contributed by atoms with Crippen molar-refractivity contribution in [1.82, 2.24) is 0 Å². The Kier molecular flexibility index (Phi) is 3.42. The van der Waals surface area contributed by atoms with Crippen LogP contribution in [0.15, 0.2) is 16.6 Å². The highest BCUT2D eigenvalue weighted by molar-refractivity contribution is 9.10. The third-order valence-electron chi connectivity index (χ3n) is 1.97. The molecule has 0 unspecified atom stereocenters. The van der Waals surface area contributed by atoms with Crippen LogP contribution in [0.5, 0.6) is 5.75 Å². The van der Waals surface area contributed by atoms with Gasteiger partial charge >= 0.3 is 0 Å². The predicted octanol–water partition coefficient (Wildman–Crippen LogP) is 2.93. The van der Waals surface area contributed by atoms with Crippen molar-refractivity contribution in [3.05, 3.63) is 27.2 Å². The number of rotatable bonds is 2.